The van der Waals surface area contributed by atoms with Gasteiger partial charge in [0.15, 0.2) is 0 Å². The summed E-state index contributed by atoms with van der Waals surface area (Å²) in [5, 5.41) is 0.667. The summed E-state index contributed by atoms with van der Waals surface area (Å²) in [6.45, 7) is 4.00. The summed E-state index contributed by atoms with van der Waals surface area (Å²) in [5.41, 5.74) is 0. The van der Waals surface area contributed by atoms with Gasteiger partial charge in [-0.2, -0.15) is 0 Å². The molecule has 0 aliphatic heterocycles. The fraction of sp³-hybridized carbons (Fsp3) is 0.545. The summed E-state index contributed by atoms with van der Waals surface area (Å²) in [6.07, 6.45) is 4.00. The van der Waals surface area contributed by atoms with Crippen LogP contribution in [0, 0.1) is 0 Å². The van der Waals surface area contributed by atoms with Crippen LogP contribution in [0.15, 0.2) is 18.3 Å². The summed E-state index contributed by atoms with van der Waals surface area (Å²) >= 11 is 11.6. The molecule has 0 atom stereocenters. The highest BCUT2D eigenvalue weighted by molar-refractivity contribution is 6.30. The van der Waals surface area contributed by atoms with Gasteiger partial charge in [-0.1, -0.05) is 24.9 Å². The quantitative estimate of drug-likeness (QED) is 0.714. The van der Waals surface area contributed by atoms with E-state index in [0.717, 1.165) is 25.3 Å². The molecule has 0 aliphatic carbocycles. The van der Waals surface area contributed by atoms with Crippen LogP contribution in [0.3, 0.4) is 0 Å². The van der Waals surface area contributed by atoms with Crippen LogP contribution in [0.25, 0.3) is 0 Å². The van der Waals surface area contributed by atoms with E-state index in [1.54, 1.807) is 6.20 Å². The lowest BCUT2D eigenvalue weighted by Gasteiger charge is -2.22. The topological polar surface area (TPSA) is 16.1 Å². The molecule has 2 nitrogen and oxygen atoms in total. The maximum Gasteiger partial charge on any atom is 0.128 e. The Bertz CT molecular complexity index is 274. The lowest BCUT2D eigenvalue weighted by molar-refractivity contribution is 0.726. The molecule has 0 aromatic carbocycles. The maximum absolute atomic E-state index is 5.79. The molecule has 0 spiro atoms. The first-order chi connectivity index (χ1) is 7.27. The van der Waals surface area contributed by atoms with Gasteiger partial charge in [0, 0.05) is 25.2 Å². The first kappa shape index (κ1) is 12.6. The first-order valence-electron chi connectivity index (χ1n) is 5.20. The SMILES string of the molecule is CCCCN(CCCl)c1ccc(Cl)cn1. The number of pyridine rings is 1. The number of anilines is 1. The van der Waals surface area contributed by atoms with E-state index in [2.05, 4.69) is 16.8 Å². The molecule has 0 saturated heterocycles. The van der Waals surface area contributed by atoms with Gasteiger partial charge in [0.1, 0.15) is 5.82 Å². The van der Waals surface area contributed by atoms with Crippen molar-refractivity contribution in [1.82, 2.24) is 4.98 Å². The van der Waals surface area contributed by atoms with Gasteiger partial charge >= 0.3 is 0 Å². The molecule has 1 rings (SSSR count). The zero-order valence-electron chi connectivity index (χ0n) is 8.92. The van der Waals surface area contributed by atoms with Crippen molar-refractivity contribution in [3.05, 3.63) is 23.4 Å². The van der Waals surface area contributed by atoms with E-state index in [1.807, 2.05) is 12.1 Å². The van der Waals surface area contributed by atoms with E-state index in [1.165, 1.54) is 6.42 Å². The number of halogens is 2. The van der Waals surface area contributed by atoms with Crippen LogP contribution in [-0.4, -0.2) is 24.0 Å². The highest BCUT2D eigenvalue weighted by Crippen LogP contribution is 2.14. The number of unbranched alkanes of at least 4 members (excludes halogenated alkanes) is 1. The molecule has 0 bridgehead atoms. The summed E-state index contributed by atoms with van der Waals surface area (Å²) in [6, 6.07) is 3.79. The number of aromatic nitrogens is 1. The smallest absolute Gasteiger partial charge is 0.128 e. The monoisotopic (exact) mass is 246 g/mol. The van der Waals surface area contributed by atoms with E-state index >= 15 is 0 Å². The number of nitrogens with zero attached hydrogens (tertiary/aromatic N) is 2. The van der Waals surface area contributed by atoms with Crippen molar-refractivity contribution >= 4 is 29.0 Å². The van der Waals surface area contributed by atoms with Crippen LogP contribution in [0.2, 0.25) is 5.02 Å². The van der Waals surface area contributed by atoms with E-state index in [4.69, 9.17) is 23.2 Å². The van der Waals surface area contributed by atoms with Gasteiger partial charge in [0.05, 0.1) is 5.02 Å². The third kappa shape index (κ3) is 4.27. The minimum absolute atomic E-state index is 0.619. The molecule has 0 amide bonds. The largest absolute Gasteiger partial charge is 0.355 e. The van der Waals surface area contributed by atoms with Gasteiger partial charge in [-0.15, -0.1) is 11.6 Å². The van der Waals surface area contributed by atoms with Crippen molar-refractivity contribution in [2.75, 3.05) is 23.9 Å². The zero-order chi connectivity index (χ0) is 11.1. The van der Waals surface area contributed by atoms with Crippen molar-refractivity contribution in [1.29, 1.82) is 0 Å². The van der Waals surface area contributed by atoms with E-state index in [9.17, 15) is 0 Å². The normalized spacial score (nSPS) is 10.3. The molecule has 15 heavy (non-hydrogen) atoms. The van der Waals surface area contributed by atoms with Gasteiger partial charge in [-0.05, 0) is 18.6 Å². The van der Waals surface area contributed by atoms with Gasteiger partial charge in [0.25, 0.3) is 0 Å². The standard InChI is InChI=1S/C11H16Cl2N2/c1-2-3-7-15(8-6-12)11-5-4-10(13)9-14-11/h4-5,9H,2-3,6-8H2,1H3. The Morgan fingerprint density at radius 2 is 2.13 bits per heavy atom. The Morgan fingerprint density at radius 3 is 2.67 bits per heavy atom. The second-order valence-electron chi connectivity index (χ2n) is 3.36. The van der Waals surface area contributed by atoms with Crippen LogP contribution < -0.4 is 4.90 Å². The lowest BCUT2D eigenvalue weighted by Crippen LogP contribution is -2.27. The fourth-order valence-electron chi connectivity index (χ4n) is 1.35. The molecular formula is C11H16Cl2N2. The van der Waals surface area contributed by atoms with Crippen molar-refractivity contribution in [3.8, 4) is 0 Å². The molecule has 1 aromatic rings. The molecule has 0 saturated carbocycles. The zero-order valence-corrected chi connectivity index (χ0v) is 10.4. The predicted octanol–water partition coefficient (Wildman–Crippen LogP) is 3.58. The fourth-order valence-corrected chi connectivity index (χ4v) is 1.66. The van der Waals surface area contributed by atoms with Crippen LogP contribution in [0.4, 0.5) is 5.82 Å². The van der Waals surface area contributed by atoms with E-state index in [-0.39, 0.29) is 0 Å². The molecule has 84 valence electrons. The van der Waals surface area contributed by atoms with E-state index < -0.39 is 0 Å². The molecule has 0 N–H and O–H groups in total. The van der Waals surface area contributed by atoms with Crippen LogP contribution in [0.1, 0.15) is 19.8 Å². The van der Waals surface area contributed by atoms with Gasteiger partial charge < -0.3 is 4.90 Å². The molecule has 4 heteroatoms. The Balaban J connectivity index is 2.65. The molecule has 0 unspecified atom stereocenters. The second kappa shape index (κ2) is 6.91. The summed E-state index contributed by atoms with van der Waals surface area (Å²) in [7, 11) is 0. The minimum atomic E-state index is 0.619. The van der Waals surface area contributed by atoms with Crippen LogP contribution in [-0.2, 0) is 0 Å². The Kier molecular flexibility index (Phi) is 5.81. The van der Waals surface area contributed by atoms with Gasteiger partial charge in [-0.3, -0.25) is 0 Å². The lowest BCUT2D eigenvalue weighted by atomic mass is 10.3. The van der Waals surface area contributed by atoms with Gasteiger partial charge in [-0.25, -0.2) is 4.98 Å². The Hall–Kier alpha value is -0.470. The molecule has 1 aromatic heterocycles. The Morgan fingerprint density at radius 1 is 1.33 bits per heavy atom. The molecular weight excluding hydrogens is 231 g/mol. The minimum Gasteiger partial charge on any atom is -0.355 e. The van der Waals surface area contributed by atoms with E-state index in [0.29, 0.717) is 10.9 Å². The third-order valence-electron chi connectivity index (χ3n) is 2.17. The van der Waals surface area contributed by atoms with Crippen molar-refractivity contribution in [2.45, 2.75) is 19.8 Å². The van der Waals surface area contributed by atoms with Crippen molar-refractivity contribution < 1.29 is 0 Å². The Labute approximate surface area is 101 Å². The van der Waals surface area contributed by atoms with Gasteiger partial charge in [0.2, 0.25) is 0 Å². The third-order valence-corrected chi connectivity index (χ3v) is 2.56. The average molecular weight is 247 g/mol. The summed E-state index contributed by atoms with van der Waals surface area (Å²) < 4.78 is 0. The first-order valence-corrected chi connectivity index (χ1v) is 6.11. The second-order valence-corrected chi connectivity index (χ2v) is 4.18. The number of hydrogen-bond acceptors (Lipinski definition) is 2. The number of alkyl halides is 1. The van der Waals surface area contributed by atoms with Crippen LogP contribution in [0.5, 0.6) is 0 Å². The predicted molar refractivity (Wildman–Crippen MR) is 67.1 cm³/mol. The molecule has 0 aliphatic rings. The summed E-state index contributed by atoms with van der Waals surface area (Å²) in [5.74, 6) is 1.57. The molecule has 1 heterocycles. The van der Waals surface area contributed by atoms with Crippen molar-refractivity contribution in [2.24, 2.45) is 0 Å². The maximum atomic E-state index is 5.79. The molecule has 0 radical (unpaired) electrons. The summed E-state index contributed by atoms with van der Waals surface area (Å²) in [4.78, 5) is 6.47. The highest BCUT2D eigenvalue weighted by Gasteiger charge is 2.05. The molecule has 0 fully saturated rings. The number of hydrogen-bond donors (Lipinski definition) is 0. The number of rotatable bonds is 6. The van der Waals surface area contributed by atoms with Crippen molar-refractivity contribution in [3.63, 3.8) is 0 Å². The van der Waals surface area contributed by atoms with Crippen LogP contribution >= 0.6 is 23.2 Å². The highest BCUT2D eigenvalue weighted by atomic mass is 35.5. The average Bonchev–Trinajstić information content (AvgIpc) is 2.25.